The van der Waals surface area contributed by atoms with Crippen molar-refractivity contribution in [2.45, 2.75) is 0 Å². The number of anilines is 2. The molecule has 0 amide bonds. The number of aromatic nitrogens is 6. The van der Waals surface area contributed by atoms with Gasteiger partial charge < -0.3 is 21.4 Å². The first-order chi connectivity index (χ1) is 10.5. The van der Waals surface area contributed by atoms with Crippen LogP contribution in [-0.4, -0.2) is 29.9 Å². The predicted octanol–water partition coefficient (Wildman–Crippen LogP) is 2.66. The van der Waals surface area contributed by atoms with Gasteiger partial charge in [-0.2, -0.15) is 9.97 Å². The zero-order chi connectivity index (χ0) is 15.7. The van der Waals surface area contributed by atoms with E-state index in [0.29, 0.717) is 19.2 Å². The number of nitrogens with one attached hydrogen (secondary N) is 2. The van der Waals surface area contributed by atoms with Crippen molar-refractivity contribution in [3.8, 4) is 0 Å². The summed E-state index contributed by atoms with van der Waals surface area (Å²) >= 11 is 12.7. The van der Waals surface area contributed by atoms with Gasteiger partial charge >= 0.3 is 0 Å². The molecule has 4 rings (SSSR count). The highest BCUT2D eigenvalue weighted by molar-refractivity contribution is 7.74. The number of rotatable bonds is 0. The summed E-state index contributed by atoms with van der Waals surface area (Å²) in [6, 6.07) is 0. The van der Waals surface area contributed by atoms with E-state index in [0.717, 1.165) is 9.40 Å². The van der Waals surface area contributed by atoms with Gasteiger partial charge in [0.25, 0.3) is 0 Å². The quantitative estimate of drug-likeness (QED) is 0.348. The van der Waals surface area contributed by atoms with Crippen LogP contribution in [0.2, 0.25) is 0 Å². The summed E-state index contributed by atoms with van der Waals surface area (Å²) in [5, 5.41) is 0. The van der Waals surface area contributed by atoms with Gasteiger partial charge in [-0.3, -0.25) is 0 Å². The Balaban J connectivity index is 0.000000131. The summed E-state index contributed by atoms with van der Waals surface area (Å²) in [6.07, 6.45) is 3.32. The predicted molar refractivity (Wildman–Crippen MR) is 94.0 cm³/mol. The number of nitrogens with zero attached hydrogens (tertiary/aromatic N) is 4. The monoisotopic (exact) mass is 368 g/mol. The molecule has 0 aliphatic rings. The van der Waals surface area contributed by atoms with Gasteiger partial charge in [0.05, 0.1) is 21.8 Å². The second kappa shape index (κ2) is 6.00. The second-order valence-corrected chi connectivity index (χ2v) is 7.35. The third kappa shape index (κ3) is 3.24. The van der Waals surface area contributed by atoms with Gasteiger partial charge in [0.2, 0.25) is 11.9 Å². The van der Waals surface area contributed by atoms with Gasteiger partial charge in [0.1, 0.15) is 0 Å². The van der Waals surface area contributed by atoms with E-state index in [9.17, 15) is 0 Å². The van der Waals surface area contributed by atoms with Crippen molar-refractivity contribution in [3.63, 3.8) is 0 Å². The van der Waals surface area contributed by atoms with Crippen molar-refractivity contribution in [1.29, 1.82) is 0 Å². The summed E-state index contributed by atoms with van der Waals surface area (Å²) < 4.78 is 3.26. The van der Waals surface area contributed by atoms with Gasteiger partial charge in [-0.15, -0.1) is 22.7 Å². The first-order valence-corrected chi connectivity index (χ1v) is 8.19. The highest BCUT2D eigenvalue weighted by atomic mass is 32.2. The normalized spacial score (nSPS) is 10.5. The molecular weight excluding hydrogens is 360 g/mol. The van der Waals surface area contributed by atoms with Gasteiger partial charge in [0.15, 0.2) is 19.2 Å². The fourth-order valence-electron chi connectivity index (χ4n) is 1.54. The lowest BCUT2D eigenvalue weighted by Gasteiger charge is -1.87. The highest BCUT2D eigenvalue weighted by Gasteiger charge is 1.99. The van der Waals surface area contributed by atoms with E-state index in [4.69, 9.17) is 35.9 Å². The molecule has 0 aliphatic carbocycles. The zero-order valence-corrected chi connectivity index (χ0v) is 14.0. The first-order valence-electron chi connectivity index (χ1n) is 5.74. The molecule has 8 nitrogen and oxygen atoms in total. The Bertz CT molecular complexity index is 972. The Morgan fingerprint density at radius 3 is 1.64 bits per heavy atom. The van der Waals surface area contributed by atoms with Crippen LogP contribution >= 0.6 is 47.1 Å². The number of fused-ring (bicyclic) bond motifs is 2. The highest BCUT2D eigenvalue weighted by Crippen LogP contribution is 2.16. The van der Waals surface area contributed by atoms with Crippen LogP contribution in [0.1, 0.15) is 0 Å². The van der Waals surface area contributed by atoms with Crippen LogP contribution < -0.4 is 11.5 Å². The minimum absolute atomic E-state index is 0.265. The lowest BCUT2D eigenvalue weighted by Crippen LogP contribution is -1.92. The van der Waals surface area contributed by atoms with E-state index >= 15 is 0 Å². The molecule has 0 aliphatic heterocycles. The molecule has 4 aromatic heterocycles. The maximum absolute atomic E-state index is 5.36. The molecule has 0 spiro atoms. The molecule has 12 heteroatoms. The van der Waals surface area contributed by atoms with Gasteiger partial charge in [0, 0.05) is 0 Å². The fourth-order valence-corrected chi connectivity index (χ4v) is 3.57. The second-order valence-electron chi connectivity index (χ2n) is 3.91. The summed E-state index contributed by atoms with van der Waals surface area (Å²) in [5.74, 6) is 0.531. The molecule has 4 heterocycles. The summed E-state index contributed by atoms with van der Waals surface area (Å²) in [6.45, 7) is 0. The summed E-state index contributed by atoms with van der Waals surface area (Å²) in [4.78, 5) is 21.4. The van der Waals surface area contributed by atoms with Crippen LogP contribution in [0.15, 0.2) is 12.4 Å². The van der Waals surface area contributed by atoms with Gasteiger partial charge in [-0.1, -0.05) is 0 Å². The Morgan fingerprint density at radius 1 is 0.818 bits per heavy atom. The average Bonchev–Trinajstić information content (AvgIpc) is 2.99. The third-order valence-corrected chi connectivity index (χ3v) is 4.71. The molecule has 0 unspecified atom stereocenters. The van der Waals surface area contributed by atoms with Crippen LogP contribution in [-0.2, 0) is 0 Å². The van der Waals surface area contributed by atoms with E-state index in [1.807, 2.05) is 0 Å². The average molecular weight is 368 g/mol. The lowest BCUT2D eigenvalue weighted by atomic mass is 10.6. The van der Waals surface area contributed by atoms with Crippen LogP contribution in [0.3, 0.4) is 0 Å². The molecule has 0 aromatic carbocycles. The van der Waals surface area contributed by atoms with Crippen molar-refractivity contribution >= 4 is 79.7 Å². The number of nitrogen functional groups attached to an aromatic ring is 2. The van der Waals surface area contributed by atoms with E-state index in [-0.39, 0.29) is 11.9 Å². The molecule has 0 radical (unpaired) electrons. The number of aromatic amines is 2. The Labute approximate surface area is 141 Å². The van der Waals surface area contributed by atoms with E-state index in [1.165, 1.54) is 22.7 Å². The fraction of sp³-hybridized carbons (Fsp3) is 0. The van der Waals surface area contributed by atoms with Crippen molar-refractivity contribution in [3.05, 3.63) is 20.3 Å². The molecule has 0 saturated heterocycles. The summed E-state index contributed by atoms with van der Waals surface area (Å²) in [5.41, 5.74) is 12.2. The first kappa shape index (κ1) is 14.9. The van der Waals surface area contributed by atoms with Crippen molar-refractivity contribution in [1.82, 2.24) is 29.9 Å². The smallest absolute Gasteiger partial charge is 0.222 e. The number of hydrogen-bond acceptors (Lipinski definition) is 10. The van der Waals surface area contributed by atoms with Crippen molar-refractivity contribution in [2.24, 2.45) is 0 Å². The maximum atomic E-state index is 5.36. The Kier molecular flexibility index (Phi) is 4.06. The minimum Gasteiger partial charge on any atom is -0.368 e. The van der Waals surface area contributed by atoms with E-state index in [2.05, 4.69) is 29.9 Å². The van der Waals surface area contributed by atoms with Crippen LogP contribution in [0.25, 0.3) is 20.7 Å². The standard InChI is InChI=1S/2C5H4N4S2/c2*6-4-7-1-2-3(8-4)9-5(10)11-2/h2*1H,(H3,6,7,8,9,10). The van der Waals surface area contributed by atoms with Crippen LogP contribution in [0.5, 0.6) is 0 Å². The Hall–Kier alpha value is -2.02. The summed E-state index contributed by atoms with van der Waals surface area (Å²) in [7, 11) is 0. The van der Waals surface area contributed by atoms with E-state index in [1.54, 1.807) is 12.4 Å². The molecule has 0 saturated carbocycles. The topological polar surface area (TPSA) is 135 Å². The maximum Gasteiger partial charge on any atom is 0.222 e. The van der Waals surface area contributed by atoms with Gasteiger partial charge in [-0.05, 0) is 24.4 Å². The number of hydrogen-bond donors (Lipinski definition) is 4. The molecule has 112 valence electrons. The number of nitrogens with two attached hydrogens (primary N) is 2. The zero-order valence-electron chi connectivity index (χ0n) is 10.7. The largest absolute Gasteiger partial charge is 0.368 e. The van der Waals surface area contributed by atoms with Gasteiger partial charge in [-0.25, -0.2) is 9.97 Å². The SMILES string of the molecule is Nc1ncc2sc(=S)[nH]c2n1.Nc1ncc2sc(=S)[nH]c2n1. The molecule has 0 bridgehead atoms. The molecule has 0 fully saturated rings. The molecule has 0 atom stereocenters. The van der Waals surface area contributed by atoms with Crippen LogP contribution in [0.4, 0.5) is 11.9 Å². The molecule has 22 heavy (non-hydrogen) atoms. The molecule has 4 aromatic rings. The Morgan fingerprint density at radius 2 is 1.23 bits per heavy atom. The number of thiazole rings is 2. The van der Waals surface area contributed by atoms with Crippen molar-refractivity contribution in [2.75, 3.05) is 11.5 Å². The van der Waals surface area contributed by atoms with Crippen LogP contribution in [0, 0.1) is 7.91 Å². The molecule has 6 N–H and O–H groups in total. The van der Waals surface area contributed by atoms with Crippen molar-refractivity contribution < 1.29 is 0 Å². The molecular formula is C10H8N8S4. The lowest BCUT2D eigenvalue weighted by molar-refractivity contribution is 1.21. The number of H-pyrrole nitrogens is 2. The third-order valence-electron chi connectivity index (χ3n) is 2.39. The minimum atomic E-state index is 0.265. The van der Waals surface area contributed by atoms with E-state index < -0.39 is 0 Å².